The molecule has 2 nitrogen and oxygen atoms in total. The van der Waals surface area contributed by atoms with E-state index < -0.39 is 27.7 Å². The van der Waals surface area contributed by atoms with Crippen LogP contribution < -0.4 is 0 Å². The van der Waals surface area contributed by atoms with Crippen molar-refractivity contribution in [1.82, 2.24) is 0 Å². The van der Waals surface area contributed by atoms with Crippen LogP contribution >= 0.6 is 0 Å². The van der Waals surface area contributed by atoms with Crippen LogP contribution in [-0.2, 0) is 10.8 Å². The van der Waals surface area contributed by atoms with Crippen molar-refractivity contribution in [3.63, 3.8) is 0 Å². The van der Waals surface area contributed by atoms with Crippen molar-refractivity contribution in [3.8, 4) is 0 Å². The van der Waals surface area contributed by atoms with Crippen molar-refractivity contribution in [3.05, 3.63) is 65.7 Å². The lowest BCUT2D eigenvalue weighted by atomic mass is 10.1. The van der Waals surface area contributed by atoms with Crippen molar-refractivity contribution < 1.29 is 17.8 Å². The molecule has 2 unspecified atom stereocenters. The molecular formula is C15H12F2O2S. The first-order chi connectivity index (χ1) is 9.49. The minimum atomic E-state index is -1.66. The monoisotopic (exact) mass is 294 g/mol. The highest BCUT2D eigenvalue weighted by Gasteiger charge is 2.23. The van der Waals surface area contributed by atoms with E-state index in [1.807, 2.05) is 0 Å². The molecule has 0 aliphatic heterocycles. The summed E-state index contributed by atoms with van der Waals surface area (Å²) in [6.07, 6.45) is 0. The topological polar surface area (TPSA) is 34.1 Å². The quantitative estimate of drug-likeness (QED) is 0.810. The van der Waals surface area contributed by atoms with E-state index in [1.54, 1.807) is 0 Å². The van der Waals surface area contributed by atoms with Gasteiger partial charge in [-0.05, 0) is 49.4 Å². The molecule has 0 saturated carbocycles. The average molecular weight is 294 g/mol. The molecule has 0 aromatic heterocycles. The molecule has 0 saturated heterocycles. The summed E-state index contributed by atoms with van der Waals surface area (Å²) in [7, 11) is -1.66. The van der Waals surface area contributed by atoms with Crippen molar-refractivity contribution >= 4 is 16.6 Å². The normalized spacial score (nSPS) is 13.8. The second-order valence-electron chi connectivity index (χ2n) is 4.27. The van der Waals surface area contributed by atoms with Gasteiger partial charge in [-0.2, -0.15) is 0 Å². The lowest BCUT2D eigenvalue weighted by molar-refractivity contribution is 0.0992. The first kappa shape index (κ1) is 14.5. The predicted octanol–water partition coefficient (Wildman–Crippen LogP) is 3.34. The molecule has 2 aromatic rings. The van der Waals surface area contributed by atoms with Gasteiger partial charge in [-0.15, -0.1) is 0 Å². The molecule has 2 rings (SSSR count). The molecule has 104 valence electrons. The lowest BCUT2D eigenvalue weighted by Gasteiger charge is -2.10. The van der Waals surface area contributed by atoms with E-state index in [-0.39, 0.29) is 16.2 Å². The molecule has 0 N–H and O–H groups in total. The number of benzene rings is 2. The summed E-state index contributed by atoms with van der Waals surface area (Å²) in [5, 5.41) is -0.831. The van der Waals surface area contributed by atoms with E-state index in [0.29, 0.717) is 0 Å². The molecule has 2 atom stereocenters. The van der Waals surface area contributed by atoms with E-state index in [0.717, 1.165) is 6.07 Å². The van der Waals surface area contributed by atoms with Crippen LogP contribution in [0, 0.1) is 11.6 Å². The third-order valence-corrected chi connectivity index (χ3v) is 4.42. The third-order valence-electron chi connectivity index (χ3n) is 2.85. The molecule has 0 aliphatic carbocycles. The van der Waals surface area contributed by atoms with Gasteiger partial charge in [0.25, 0.3) is 0 Å². The summed E-state index contributed by atoms with van der Waals surface area (Å²) in [5.41, 5.74) is 0.281. The fourth-order valence-corrected chi connectivity index (χ4v) is 2.92. The second-order valence-corrected chi connectivity index (χ2v) is 6.04. The van der Waals surface area contributed by atoms with Gasteiger partial charge >= 0.3 is 0 Å². The van der Waals surface area contributed by atoms with E-state index in [1.165, 1.54) is 49.4 Å². The summed E-state index contributed by atoms with van der Waals surface area (Å²) >= 11 is 0. The van der Waals surface area contributed by atoms with Crippen LogP contribution in [0.5, 0.6) is 0 Å². The molecular weight excluding hydrogens is 282 g/mol. The number of carbonyl (C=O) groups is 1. The molecule has 20 heavy (non-hydrogen) atoms. The number of hydrogen-bond acceptors (Lipinski definition) is 2. The summed E-state index contributed by atoms with van der Waals surface area (Å²) < 4.78 is 38.1. The van der Waals surface area contributed by atoms with E-state index in [2.05, 4.69) is 0 Å². The van der Waals surface area contributed by atoms with Crippen molar-refractivity contribution in [2.75, 3.05) is 0 Å². The number of Topliss-reactive ketones (excluding diaryl/α,β-unsaturated/α-hetero) is 1. The molecule has 2 aromatic carbocycles. The second kappa shape index (κ2) is 6.05. The zero-order valence-electron chi connectivity index (χ0n) is 10.7. The Bertz CT molecular complexity index is 653. The fourth-order valence-electron chi connectivity index (χ4n) is 1.74. The molecule has 0 bridgehead atoms. The van der Waals surface area contributed by atoms with Gasteiger partial charge in [0.05, 0.1) is 16.0 Å². The molecule has 0 spiro atoms. The van der Waals surface area contributed by atoms with Gasteiger partial charge in [-0.3, -0.25) is 9.00 Å². The lowest BCUT2D eigenvalue weighted by Crippen LogP contribution is -2.22. The SMILES string of the molecule is CC(C(=O)c1ccc(F)cc1)S(=O)c1cccc(F)c1. The van der Waals surface area contributed by atoms with Gasteiger partial charge in [-0.25, -0.2) is 8.78 Å². The molecule has 0 fully saturated rings. The number of carbonyl (C=O) groups excluding carboxylic acids is 1. The highest BCUT2D eigenvalue weighted by Crippen LogP contribution is 2.16. The Labute approximate surface area is 117 Å². The smallest absolute Gasteiger partial charge is 0.178 e. The van der Waals surface area contributed by atoms with Crippen LogP contribution in [0.15, 0.2) is 53.4 Å². The Balaban J connectivity index is 2.22. The highest BCUT2D eigenvalue weighted by atomic mass is 32.2. The van der Waals surface area contributed by atoms with E-state index >= 15 is 0 Å². The maximum Gasteiger partial charge on any atom is 0.178 e. The molecule has 0 heterocycles. The van der Waals surface area contributed by atoms with Crippen LogP contribution in [0.1, 0.15) is 17.3 Å². The minimum Gasteiger partial charge on any atom is -0.293 e. The van der Waals surface area contributed by atoms with Crippen LogP contribution in [-0.4, -0.2) is 15.2 Å². The molecule has 0 radical (unpaired) electrons. The van der Waals surface area contributed by atoms with Crippen LogP contribution in [0.2, 0.25) is 0 Å². The molecule has 0 amide bonds. The maximum absolute atomic E-state index is 13.1. The van der Waals surface area contributed by atoms with Crippen molar-refractivity contribution in [2.45, 2.75) is 17.1 Å². The predicted molar refractivity (Wildman–Crippen MR) is 73.0 cm³/mol. The van der Waals surface area contributed by atoms with Gasteiger partial charge in [0, 0.05) is 10.5 Å². The largest absolute Gasteiger partial charge is 0.293 e. The van der Waals surface area contributed by atoms with E-state index in [9.17, 15) is 17.8 Å². The Morgan fingerprint density at radius 1 is 1.05 bits per heavy atom. The van der Waals surface area contributed by atoms with E-state index in [4.69, 9.17) is 0 Å². The summed E-state index contributed by atoms with van der Waals surface area (Å²) in [6.45, 7) is 1.51. The Kier molecular flexibility index (Phi) is 4.39. The Morgan fingerprint density at radius 3 is 2.30 bits per heavy atom. The van der Waals surface area contributed by atoms with Crippen molar-refractivity contribution in [1.29, 1.82) is 0 Å². The van der Waals surface area contributed by atoms with Crippen LogP contribution in [0.25, 0.3) is 0 Å². The molecule has 5 heteroatoms. The van der Waals surface area contributed by atoms with Crippen LogP contribution in [0.4, 0.5) is 8.78 Å². The average Bonchev–Trinajstić information content (AvgIpc) is 2.46. The number of hydrogen-bond donors (Lipinski definition) is 0. The first-order valence-corrected chi connectivity index (χ1v) is 7.16. The minimum absolute atomic E-state index is 0.257. The van der Waals surface area contributed by atoms with Crippen molar-refractivity contribution in [2.24, 2.45) is 0 Å². The Morgan fingerprint density at radius 2 is 1.70 bits per heavy atom. The maximum atomic E-state index is 13.1. The Hall–Kier alpha value is -1.88. The zero-order chi connectivity index (χ0) is 14.7. The zero-order valence-corrected chi connectivity index (χ0v) is 11.5. The van der Waals surface area contributed by atoms with Gasteiger partial charge in [-0.1, -0.05) is 6.07 Å². The number of ketones is 1. The summed E-state index contributed by atoms with van der Waals surface area (Å²) in [5.74, 6) is -1.31. The summed E-state index contributed by atoms with van der Waals surface area (Å²) in [4.78, 5) is 12.4. The van der Waals surface area contributed by atoms with Gasteiger partial charge in [0.15, 0.2) is 5.78 Å². The van der Waals surface area contributed by atoms with Gasteiger partial charge in [0.2, 0.25) is 0 Å². The number of halogens is 2. The molecule has 0 aliphatic rings. The van der Waals surface area contributed by atoms with Crippen LogP contribution in [0.3, 0.4) is 0 Å². The fraction of sp³-hybridized carbons (Fsp3) is 0.133. The standard InChI is InChI=1S/C15H12F2O2S/c1-10(15(18)11-5-7-12(16)8-6-11)20(19)14-4-2-3-13(17)9-14/h2-10H,1H3. The number of rotatable bonds is 4. The summed E-state index contributed by atoms with van der Waals surface area (Å²) in [6, 6.07) is 10.4. The highest BCUT2D eigenvalue weighted by molar-refractivity contribution is 7.86. The van der Waals surface area contributed by atoms with Gasteiger partial charge < -0.3 is 0 Å². The van der Waals surface area contributed by atoms with Gasteiger partial charge in [0.1, 0.15) is 11.6 Å². The third kappa shape index (κ3) is 3.17. The first-order valence-electron chi connectivity index (χ1n) is 5.95.